The lowest BCUT2D eigenvalue weighted by Gasteiger charge is -2.16. The predicted molar refractivity (Wildman–Crippen MR) is 120 cm³/mol. The predicted octanol–water partition coefficient (Wildman–Crippen LogP) is 4.97. The van der Waals surface area contributed by atoms with Gasteiger partial charge >= 0.3 is 0 Å². The molecule has 3 rings (SSSR count). The first-order chi connectivity index (χ1) is 14.5. The molecule has 5 heteroatoms. The molecule has 2 amide bonds. The molecule has 0 unspecified atom stereocenters. The second-order valence-electron chi connectivity index (χ2n) is 7.13. The highest BCUT2D eigenvalue weighted by atomic mass is 16.5. The number of hydrogen-bond donors (Lipinski definition) is 2. The van der Waals surface area contributed by atoms with Gasteiger partial charge in [0.05, 0.1) is 0 Å². The lowest BCUT2D eigenvalue weighted by Crippen LogP contribution is -2.30. The van der Waals surface area contributed by atoms with Gasteiger partial charge in [-0.1, -0.05) is 48.5 Å². The molecule has 0 fully saturated rings. The van der Waals surface area contributed by atoms with Gasteiger partial charge in [0.2, 0.25) is 5.91 Å². The SMILES string of the molecule is Cc1ccccc1O[C@H](C)C(=O)Nc1ccc(NC(=O)CCc2ccccc2)cc1. The maximum atomic E-state index is 12.4. The van der Waals surface area contributed by atoms with E-state index >= 15 is 0 Å². The number of amides is 2. The Balaban J connectivity index is 1.48. The number of rotatable bonds is 8. The van der Waals surface area contributed by atoms with Crippen molar-refractivity contribution in [2.75, 3.05) is 10.6 Å². The second kappa shape index (κ2) is 10.3. The summed E-state index contributed by atoms with van der Waals surface area (Å²) in [4.78, 5) is 24.5. The van der Waals surface area contributed by atoms with Gasteiger partial charge in [-0.15, -0.1) is 0 Å². The molecule has 0 saturated carbocycles. The first-order valence-corrected chi connectivity index (χ1v) is 9.98. The van der Waals surface area contributed by atoms with Crippen LogP contribution in [0.5, 0.6) is 5.75 Å². The molecular weight excluding hydrogens is 376 g/mol. The summed E-state index contributed by atoms with van der Waals surface area (Å²) in [7, 11) is 0. The van der Waals surface area contributed by atoms with Crippen LogP contribution in [0.25, 0.3) is 0 Å². The maximum absolute atomic E-state index is 12.4. The van der Waals surface area contributed by atoms with Crippen LogP contribution in [0.1, 0.15) is 24.5 Å². The van der Waals surface area contributed by atoms with Crippen molar-refractivity contribution in [3.63, 3.8) is 0 Å². The monoisotopic (exact) mass is 402 g/mol. The molecule has 154 valence electrons. The normalized spacial score (nSPS) is 11.4. The summed E-state index contributed by atoms with van der Waals surface area (Å²) in [6.45, 7) is 3.65. The lowest BCUT2D eigenvalue weighted by atomic mass is 10.1. The van der Waals surface area contributed by atoms with Crippen LogP contribution in [-0.4, -0.2) is 17.9 Å². The van der Waals surface area contributed by atoms with Crippen molar-refractivity contribution in [1.82, 2.24) is 0 Å². The van der Waals surface area contributed by atoms with Crippen LogP contribution in [0.2, 0.25) is 0 Å². The third-order valence-corrected chi connectivity index (χ3v) is 4.69. The highest BCUT2D eigenvalue weighted by Gasteiger charge is 2.15. The van der Waals surface area contributed by atoms with Crippen LogP contribution < -0.4 is 15.4 Å². The number of anilines is 2. The van der Waals surface area contributed by atoms with Gasteiger partial charge in [0.1, 0.15) is 5.75 Å². The molecule has 0 aromatic heterocycles. The van der Waals surface area contributed by atoms with E-state index in [-0.39, 0.29) is 11.8 Å². The maximum Gasteiger partial charge on any atom is 0.265 e. The Hall–Kier alpha value is -3.60. The number of carbonyl (C=O) groups is 2. The van der Waals surface area contributed by atoms with Crippen molar-refractivity contribution in [2.24, 2.45) is 0 Å². The molecule has 3 aromatic carbocycles. The van der Waals surface area contributed by atoms with E-state index in [0.29, 0.717) is 30.0 Å². The fraction of sp³-hybridized carbons (Fsp3) is 0.200. The molecule has 0 radical (unpaired) electrons. The Labute approximate surface area is 177 Å². The molecule has 0 aliphatic carbocycles. The summed E-state index contributed by atoms with van der Waals surface area (Å²) in [5.74, 6) is 0.405. The van der Waals surface area contributed by atoms with Crippen molar-refractivity contribution in [3.8, 4) is 5.75 Å². The Morgan fingerprint density at radius 1 is 0.833 bits per heavy atom. The quantitative estimate of drug-likeness (QED) is 0.559. The van der Waals surface area contributed by atoms with E-state index in [2.05, 4.69) is 10.6 Å². The second-order valence-corrected chi connectivity index (χ2v) is 7.13. The van der Waals surface area contributed by atoms with Gasteiger partial charge in [0, 0.05) is 17.8 Å². The van der Waals surface area contributed by atoms with Crippen molar-refractivity contribution < 1.29 is 14.3 Å². The van der Waals surface area contributed by atoms with Crippen LogP contribution in [0, 0.1) is 6.92 Å². The average Bonchev–Trinajstić information content (AvgIpc) is 2.76. The van der Waals surface area contributed by atoms with Crippen LogP contribution in [-0.2, 0) is 16.0 Å². The van der Waals surface area contributed by atoms with Gasteiger partial charge in [-0.2, -0.15) is 0 Å². The van der Waals surface area contributed by atoms with E-state index < -0.39 is 6.10 Å². The third-order valence-electron chi connectivity index (χ3n) is 4.69. The molecule has 0 heterocycles. The number of carbonyl (C=O) groups excluding carboxylic acids is 2. The lowest BCUT2D eigenvalue weighted by molar-refractivity contribution is -0.122. The fourth-order valence-corrected chi connectivity index (χ4v) is 2.94. The first kappa shape index (κ1) is 21.1. The van der Waals surface area contributed by atoms with Crippen molar-refractivity contribution in [1.29, 1.82) is 0 Å². The van der Waals surface area contributed by atoms with Gasteiger partial charge in [-0.05, 0) is 61.7 Å². The van der Waals surface area contributed by atoms with Gasteiger partial charge in [-0.3, -0.25) is 9.59 Å². The Morgan fingerprint density at radius 2 is 1.43 bits per heavy atom. The fourth-order valence-electron chi connectivity index (χ4n) is 2.94. The standard InChI is InChI=1S/C25H26N2O3/c1-18-8-6-7-11-23(18)30-19(2)25(29)27-22-15-13-21(14-16-22)26-24(28)17-12-20-9-4-3-5-10-20/h3-11,13-16,19H,12,17H2,1-2H3,(H,26,28)(H,27,29)/t19-/m1/s1. The summed E-state index contributed by atoms with van der Waals surface area (Å²) < 4.78 is 5.75. The van der Waals surface area contributed by atoms with Gasteiger partial charge in [-0.25, -0.2) is 0 Å². The zero-order valence-electron chi connectivity index (χ0n) is 17.2. The Bertz CT molecular complexity index is 985. The Morgan fingerprint density at radius 3 is 2.10 bits per heavy atom. The minimum Gasteiger partial charge on any atom is -0.481 e. The van der Waals surface area contributed by atoms with E-state index in [4.69, 9.17) is 4.74 Å². The van der Waals surface area contributed by atoms with E-state index in [1.165, 1.54) is 0 Å². The van der Waals surface area contributed by atoms with E-state index in [1.54, 1.807) is 31.2 Å². The number of nitrogens with one attached hydrogen (secondary N) is 2. The third kappa shape index (κ3) is 6.21. The zero-order chi connectivity index (χ0) is 21.3. The van der Waals surface area contributed by atoms with Gasteiger partial charge < -0.3 is 15.4 Å². The minimum atomic E-state index is -0.636. The molecule has 2 N–H and O–H groups in total. The van der Waals surface area contributed by atoms with E-state index in [1.807, 2.05) is 61.5 Å². The average molecular weight is 402 g/mol. The van der Waals surface area contributed by atoms with Gasteiger partial charge in [0.25, 0.3) is 5.91 Å². The summed E-state index contributed by atoms with van der Waals surface area (Å²) in [5, 5.41) is 5.71. The van der Waals surface area contributed by atoms with E-state index in [9.17, 15) is 9.59 Å². The molecule has 1 atom stereocenters. The molecular formula is C25H26N2O3. The molecule has 5 nitrogen and oxygen atoms in total. The minimum absolute atomic E-state index is 0.0455. The van der Waals surface area contributed by atoms with Gasteiger partial charge in [0.15, 0.2) is 6.10 Å². The summed E-state index contributed by atoms with van der Waals surface area (Å²) in [6, 6.07) is 24.5. The summed E-state index contributed by atoms with van der Waals surface area (Å²) in [6.07, 6.45) is 0.471. The molecule has 0 bridgehead atoms. The summed E-state index contributed by atoms with van der Waals surface area (Å²) >= 11 is 0. The molecule has 0 saturated heterocycles. The number of hydrogen-bond acceptors (Lipinski definition) is 3. The molecule has 0 aliphatic heterocycles. The van der Waals surface area contributed by atoms with Crippen molar-refractivity contribution >= 4 is 23.2 Å². The largest absolute Gasteiger partial charge is 0.481 e. The molecule has 0 aliphatic rings. The Kier molecular flexibility index (Phi) is 7.22. The number of ether oxygens (including phenoxy) is 1. The zero-order valence-corrected chi connectivity index (χ0v) is 17.2. The molecule has 30 heavy (non-hydrogen) atoms. The van der Waals surface area contributed by atoms with Crippen LogP contribution >= 0.6 is 0 Å². The topological polar surface area (TPSA) is 67.4 Å². The summed E-state index contributed by atoms with van der Waals surface area (Å²) in [5.41, 5.74) is 3.44. The van der Waals surface area contributed by atoms with E-state index in [0.717, 1.165) is 11.1 Å². The number of benzene rings is 3. The van der Waals surface area contributed by atoms with Crippen molar-refractivity contribution in [2.45, 2.75) is 32.8 Å². The highest BCUT2D eigenvalue weighted by Crippen LogP contribution is 2.19. The van der Waals surface area contributed by atoms with Crippen molar-refractivity contribution in [3.05, 3.63) is 90.0 Å². The smallest absolute Gasteiger partial charge is 0.265 e. The number of aryl methyl sites for hydroxylation is 2. The van der Waals surface area contributed by atoms with Crippen LogP contribution in [0.3, 0.4) is 0 Å². The first-order valence-electron chi connectivity index (χ1n) is 9.98. The number of para-hydroxylation sites is 1. The van der Waals surface area contributed by atoms with Crippen LogP contribution in [0.4, 0.5) is 11.4 Å². The van der Waals surface area contributed by atoms with Crippen LogP contribution in [0.15, 0.2) is 78.9 Å². The highest BCUT2D eigenvalue weighted by molar-refractivity contribution is 5.95. The molecule has 3 aromatic rings. The molecule has 0 spiro atoms.